The first-order valence-corrected chi connectivity index (χ1v) is 22.0. The summed E-state index contributed by atoms with van der Waals surface area (Å²) in [6.07, 6.45) is -50.9. The molecule has 0 spiro atoms. The number of hydrogen-bond acceptors (Lipinski definition) is 1. The monoisotopic (exact) mass is 1150 g/mol. The molecule has 27 heteroatoms. The van der Waals surface area contributed by atoms with Crippen molar-refractivity contribution >= 4 is 33.8 Å². The maximum Gasteiger partial charge on any atom is 0.416 e. The second kappa shape index (κ2) is 21.3. The van der Waals surface area contributed by atoms with E-state index in [2.05, 4.69) is 31.2 Å². The molecule has 79 heavy (non-hydrogen) atoms. The Morgan fingerprint density at radius 3 is 0.823 bits per heavy atom. The molecule has 0 aliphatic carbocycles. The zero-order chi connectivity index (χ0) is 59.3. The zero-order valence-electron chi connectivity index (χ0n) is 39.1. The maximum atomic E-state index is 14.2. The highest BCUT2D eigenvalue weighted by atomic mass is 19.4. The number of alkyl halides is 24. The molecule has 2 nitrogen and oxygen atoms in total. The third kappa shape index (κ3) is 14.2. The van der Waals surface area contributed by atoms with Crippen LogP contribution < -0.4 is 26.4 Å². The Hall–Kier alpha value is -7.48. The first-order chi connectivity index (χ1) is 36.0. The van der Waals surface area contributed by atoms with E-state index in [0.29, 0.717) is 6.54 Å². The molecule has 0 bridgehead atoms. The topological polar surface area (TPSA) is 20.9 Å². The quantitative estimate of drug-likeness (QED) is 0.0643. The Morgan fingerprint density at radius 2 is 0.582 bits per heavy atom. The molecule has 1 aromatic heterocycles. The highest BCUT2D eigenvalue weighted by Crippen LogP contribution is 2.41. The molecule has 7 rings (SSSR count). The fraction of sp³-hybridized carbons (Fsp3) is 0.192. The van der Waals surface area contributed by atoms with Crippen molar-refractivity contribution in [3.63, 3.8) is 0 Å². The lowest BCUT2D eigenvalue weighted by Gasteiger charge is -2.46. The summed E-state index contributed by atoms with van der Waals surface area (Å²) in [5.74, 6) is 0.119. The van der Waals surface area contributed by atoms with Gasteiger partial charge in [0.25, 0.3) is 0 Å². The van der Waals surface area contributed by atoms with Gasteiger partial charge in [-0.3, -0.25) is 4.79 Å². The Kier molecular flexibility index (Phi) is 16.4. The first kappa shape index (κ1) is 60.7. The molecule has 6 aromatic carbocycles. The summed E-state index contributed by atoms with van der Waals surface area (Å²) in [4.78, 5) is 12.2. The van der Waals surface area contributed by atoms with Gasteiger partial charge in [0, 0.05) is 17.7 Å². The molecule has 7 aromatic rings. The molecule has 0 aliphatic rings. The molecule has 0 radical (unpaired) electrons. The van der Waals surface area contributed by atoms with Crippen LogP contribution in [0.3, 0.4) is 0 Å². The smallest absolute Gasteiger partial charge is 0.287 e. The molecule has 0 unspecified atom stereocenters. The summed E-state index contributed by atoms with van der Waals surface area (Å²) in [6, 6.07) is 13.1. The molecule has 0 aliphatic heterocycles. The van der Waals surface area contributed by atoms with Crippen molar-refractivity contribution in [3.05, 3.63) is 208 Å². The van der Waals surface area contributed by atoms with Crippen LogP contribution in [0.25, 0.3) is 11.1 Å². The van der Waals surface area contributed by atoms with Gasteiger partial charge in [-0.2, -0.15) is 132 Å². The largest absolute Gasteiger partial charge is 0.416 e. The third-order valence-electron chi connectivity index (χ3n) is 12.1. The van der Waals surface area contributed by atoms with Gasteiger partial charge < -0.3 is 0 Å². The number of ketones is 1. The van der Waals surface area contributed by atoms with Crippen molar-refractivity contribution in [2.75, 3.05) is 0 Å². The Bertz CT molecular complexity index is 2870. The van der Waals surface area contributed by atoms with Gasteiger partial charge in [0.05, 0.1) is 44.5 Å². The van der Waals surface area contributed by atoms with Gasteiger partial charge >= 0.3 is 49.4 Å². The number of rotatable bonds is 8. The van der Waals surface area contributed by atoms with Crippen LogP contribution >= 0.6 is 0 Å². The Balaban J connectivity index is 0.000000378. The van der Waals surface area contributed by atoms with Gasteiger partial charge in [-0.25, -0.2) is 0 Å². The van der Waals surface area contributed by atoms with Crippen LogP contribution in [0.2, 0.25) is 0 Å². The number of carbonyl (C=O) groups excluding carboxylic acids is 1. The van der Waals surface area contributed by atoms with Gasteiger partial charge in [-0.15, -0.1) is 0 Å². The number of nitrogens with zero attached hydrogens (tertiary/aromatic N) is 1. The van der Waals surface area contributed by atoms with Crippen LogP contribution in [-0.4, -0.2) is 11.9 Å². The van der Waals surface area contributed by atoms with Crippen molar-refractivity contribution in [1.82, 2.24) is 0 Å². The van der Waals surface area contributed by atoms with Crippen LogP contribution in [-0.2, 0) is 56.0 Å². The van der Waals surface area contributed by atoms with Crippen LogP contribution in [0.15, 0.2) is 152 Å². The van der Waals surface area contributed by atoms with Crippen molar-refractivity contribution in [2.24, 2.45) is 0 Å². The Morgan fingerprint density at radius 1 is 0.342 bits per heavy atom. The number of aromatic nitrogens is 1. The summed E-state index contributed by atoms with van der Waals surface area (Å²) in [6.45, 7) is 2.44. The van der Waals surface area contributed by atoms with E-state index in [0.717, 1.165) is 11.1 Å². The summed E-state index contributed by atoms with van der Waals surface area (Å²) < 4.78 is 343. The molecule has 0 saturated heterocycles. The van der Waals surface area contributed by atoms with E-state index in [1.165, 1.54) is 11.1 Å². The number of pyridine rings is 1. The predicted molar refractivity (Wildman–Crippen MR) is 238 cm³/mol. The van der Waals surface area contributed by atoms with Crippen LogP contribution in [0.4, 0.5) is 105 Å². The van der Waals surface area contributed by atoms with Gasteiger partial charge in [-0.05, 0) is 42.3 Å². The minimum absolute atomic E-state index is 0.119. The zero-order valence-corrected chi connectivity index (χ0v) is 39.1. The van der Waals surface area contributed by atoms with Crippen LogP contribution in [0.5, 0.6) is 0 Å². The number of benzene rings is 6. The summed E-state index contributed by atoms with van der Waals surface area (Å²) >= 11 is 0. The maximum absolute atomic E-state index is 14.2. The summed E-state index contributed by atoms with van der Waals surface area (Å²) in [5, 5.41) is 0. The molecule has 1 heterocycles. The standard InChI is InChI=1S/C32H12BF24.C20H18NO/c34-25(35,36)13-1-14(26(37,38)39)6-21(5-13)33(22-7-15(27(40,41)42)2-16(8-22)28(43,44)45,23-9-17(29(46,47)48)3-18(10-23)30(49,50)51)24-11-19(31(52,53)54)4-20(12-24)32(55,56)57;1-16-7-9-17(10-8-16)18-11-13-21(14-12-18)15-20(22)19-5-3-2-4-6-19/h1-12H;2-14H,15H2,1H3/q-1;+1. The third-order valence-corrected chi connectivity index (χ3v) is 12.1. The van der Waals surface area contributed by atoms with E-state index in [1.54, 1.807) is 0 Å². The van der Waals surface area contributed by atoms with Crippen molar-refractivity contribution < 1.29 is 115 Å². The molecule has 0 fully saturated rings. The normalized spacial score (nSPS) is 13.2. The SMILES string of the molecule is Cc1ccc(-c2cc[n+](CC(=O)c3ccccc3)cc2)cc1.FC(F)(F)c1cc([B-](c2cc(C(F)(F)F)cc(C(F)(F)F)c2)(c2cc(C(F)(F)F)cc(C(F)(F)F)c2)c2cc(C(F)(F)F)cc(C(F)(F)F)c2)cc(C(F)(F)F)c1. The molecular formula is C52H30BF24NO. The van der Waals surface area contributed by atoms with E-state index in [1.807, 2.05) is 59.4 Å². The van der Waals surface area contributed by atoms with E-state index in [9.17, 15) is 110 Å². The lowest BCUT2D eigenvalue weighted by atomic mass is 9.12. The fourth-order valence-electron chi connectivity index (χ4n) is 8.45. The summed E-state index contributed by atoms with van der Waals surface area (Å²) in [5.41, 5.74) is -25.9. The predicted octanol–water partition coefficient (Wildman–Crippen LogP) is 15.0. The van der Waals surface area contributed by atoms with E-state index in [-0.39, 0.29) is 5.78 Å². The highest BCUT2D eigenvalue weighted by molar-refractivity contribution is 7.20. The Labute approximate surface area is 429 Å². The lowest BCUT2D eigenvalue weighted by Crippen LogP contribution is -2.75. The van der Waals surface area contributed by atoms with Crippen molar-refractivity contribution in [3.8, 4) is 11.1 Å². The van der Waals surface area contributed by atoms with E-state index >= 15 is 0 Å². The van der Waals surface area contributed by atoms with Gasteiger partial charge in [0.1, 0.15) is 6.15 Å². The second-order valence-electron chi connectivity index (χ2n) is 17.6. The average Bonchev–Trinajstić information content (AvgIpc) is 3.38. The molecule has 0 atom stereocenters. The van der Waals surface area contributed by atoms with Gasteiger partial charge in [0.15, 0.2) is 12.4 Å². The molecule has 0 amide bonds. The number of Topliss-reactive ketones (excluding diaryl/α,β-unsaturated/α-hetero) is 1. The number of carbonyl (C=O) groups is 1. The molecular weight excluding hydrogens is 1120 g/mol. The van der Waals surface area contributed by atoms with Gasteiger partial charge in [0.2, 0.25) is 12.3 Å². The molecule has 0 N–H and O–H groups in total. The lowest BCUT2D eigenvalue weighted by molar-refractivity contribution is -0.683. The highest BCUT2D eigenvalue weighted by Gasteiger charge is 2.47. The number of aryl methyl sites for hydroxylation is 1. The number of halogens is 24. The van der Waals surface area contributed by atoms with E-state index < -0.39 is 195 Å². The second-order valence-corrected chi connectivity index (χ2v) is 17.6. The fourth-order valence-corrected chi connectivity index (χ4v) is 8.45. The minimum Gasteiger partial charge on any atom is -0.287 e. The van der Waals surface area contributed by atoms with Crippen LogP contribution in [0.1, 0.15) is 60.4 Å². The van der Waals surface area contributed by atoms with Gasteiger partial charge in [-0.1, -0.05) is 109 Å². The van der Waals surface area contributed by atoms with Crippen LogP contribution in [0, 0.1) is 6.92 Å². The average molecular weight is 1150 g/mol. The summed E-state index contributed by atoms with van der Waals surface area (Å²) in [7, 11) is 0. The number of hydrogen-bond donors (Lipinski definition) is 0. The minimum atomic E-state index is -6.13. The first-order valence-electron chi connectivity index (χ1n) is 22.0. The van der Waals surface area contributed by atoms with Crippen molar-refractivity contribution in [1.29, 1.82) is 0 Å². The van der Waals surface area contributed by atoms with E-state index in [4.69, 9.17) is 0 Å². The molecule has 0 saturated carbocycles. The molecule has 420 valence electrons. The van der Waals surface area contributed by atoms with Crippen molar-refractivity contribution in [2.45, 2.75) is 62.9 Å².